The average molecular weight is 314 g/mol. The zero-order valence-electron chi connectivity index (χ0n) is 8.99. The van der Waals surface area contributed by atoms with Crippen molar-refractivity contribution < 1.29 is 4.79 Å². The van der Waals surface area contributed by atoms with Crippen LogP contribution < -0.4 is 0 Å². The summed E-state index contributed by atoms with van der Waals surface area (Å²) in [6, 6.07) is 6.93. The van der Waals surface area contributed by atoms with E-state index in [-0.39, 0.29) is 11.9 Å². The number of hydrogen-bond donors (Lipinski definition) is 0. The van der Waals surface area contributed by atoms with E-state index in [9.17, 15) is 4.79 Å². The number of rotatable bonds is 1. The van der Waals surface area contributed by atoms with Crippen LogP contribution in [0.3, 0.4) is 0 Å². The minimum atomic E-state index is -0.301. The van der Waals surface area contributed by atoms with Crippen molar-refractivity contribution in [2.24, 2.45) is 0 Å². The molecule has 1 saturated heterocycles. The Morgan fingerprint density at radius 2 is 2.35 bits per heavy atom. The van der Waals surface area contributed by atoms with Gasteiger partial charge >= 0.3 is 0 Å². The van der Waals surface area contributed by atoms with E-state index in [4.69, 9.17) is 16.9 Å². The molecule has 0 aromatic heterocycles. The van der Waals surface area contributed by atoms with Crippen molar-refractivity contribution in [2.75, 3.05) is 6.54 Å². The van der Waals surface area contributed by atoms with Gasteiger partial charge in [0, 0.05) is 16.6 Å². The van der Waals surface area contributed by atoms with E-state index in [0.29, 0.717) is 17.1 Å². The predicted octanol–water partition coefficient (Wildman–Crippen LogP) is 3.23. The first-order chi connectivity index (χ1) is 8.13. The van der Waals surface area contributed by atoms with Crippen molar-refractivity contribution in [3.05, 3.63) is 33.3 Å². The Labute approximate surface area is 113 Å². The summed E-state index contributed by atoms with van der Waals surface area (Å²) in [5, 5.41) is 9.46. The first-order valence-corrected chi connectivity index (χ1v) is 6.46. The lowest BCUT2D eigenvalue weighted by molar-refractivity contribution is 0.0765. The molecule has 1 aromatic rings. The van der Waals surface area contributed by atoms with Gasteiger partial charge in [0.1, 0.15) is 6.04 Å². The number of nitrogens with zero attached hydrogens (tertiary/aromatic N) is 2. The average Bonchev–Trinajstić information content (AvgIpc) is 2.80. The lowest BCUT2D eigenvalue weighted by atomic mass is 10.2. The van der Waals surface area contributed by atoms with Crippen LogP contribution in [0.1, 0.15) is 23.2 Å². The third-order valence-electron chi connectivity index (χ3n) is 2.83. The predicted molar refractivity (Wildman–Crippen MR) is 68.8 cm³/mol. The third kappa shape index (κ3) is 2.46. The van der Waals surface area contributed by atoms with Crippen LogP contribution in [-0.2, 0) is 0 Å². The monoisotopic (exact) mass is 312 g/mol. The minimum Gasteiger partial charge on any atom is -0.323 e. The van der Waals surface area contributed by atoms with Gasteiger partial charge in [0.15, 0.2) is 0 Å². The molecule has 1 unspecified atom stereocenters. The van der Waals surface area contributed by atoms with Crippen LogP contribution >= 0.6 is 27.5 Å². The van der Waals surface area contributed by atoms with Crippen LogP contribution in [0.4, 0.5) is 0 Å². The third-order valence-corrected chi connectivity index (χ3v) is 4.06. The van der Waals surface area contributed by atoms with Crippen molar-refractivity contribution in [3.63, 3.8) is 0 Å². The molecule has 0 saturated carbocycles. The van der Waals surface area contributed by atoms with Gasteiger partial charge in [0.2, 0.25) is 0 Å². The zero-order valence-corrected chi connectivity index (χ0v) is 11.3. The summed E-state index contributed by atoms with van der Waals surface area (Å²) >= 11 is 9.23. The highest BCUT2D eigenvalue weighted by atomic mass is 79.9. The molecule has 0 radical (unpaired) electrons. The van der Waals surface area contributed by atoms with Gasteiger partial charge in [0.25, 0.3) is 5.91 Å². The van der Waals surface area contributed by atoms with E-state index in [2.05, 4.69) is 22.0 Å². The lowest BCUT2D eigenvalue weighted by Gasteiger charge is -2.19. The molecule has 0 spiro atoms. The number of benzene rings is 1. The Bertz CT molecular complexity index is 498. The van der Waals surface area contributed by atoms with Gasteiger partial charge in [0.05, 0.1) is 11.1 Å². The Morgan fingerprint density at radius 3 is 3.00 bits per heavy atom. The summed E-state index contributed by atoms with van der Waals surface area (Å²) < 4.78 is 0.758. The maximum atomic E-state index is 12.2. The van der Waals surface area contributed by atoms with E-state index in [1.807, 2.05) is 0 Å². The number of nitriles is 1. The molecule has 0 N–H and O–H groups in total. The molecular formula is C12H10BrClN2O. The molecule has 1 heterocycles. The maximum Gasteiger partial charge on any atom is 0.254 e. The van der Waals surface area contributed by atoms with E-state index >= 15 is 0 Å². The first-order valence-electron chi connectivity index (χ1n) is 5.29. The number of hydrogen-bond acceptors (Lipinski definition) is 2. The molecule has 1 fully saturated rings. The van der Waals surface area contributed by atoms with Gasteiger partial charge in [-0.25, -0.2) is 0 Å². The van der Waals surface area contributed by atoms with Crippen LogP contribution in [-0.4, -0.2) is 23.4 Å². The van der Waals surface area contributed by atoms with E-state index in [1.165, 1.54) is 0 Å². The fraction of sp³-hybridized carbons (Fsp3) is 0.333. The SMILES string of the molecule is N#CC1CCCN1C(=O)c1ccc(Br)c(Cl)c1. The Hall–Kier alpha value is -1.05. The highest BCUT2D eigenvalue weighted by Gasteiger charge is 2.29. The molecule has 0 aliphatic carbocycles. The van der Waals surface area contributed by atoms with Crippen LogP contribution in [0.15, 0.2) is 22.7 Å². The first kappa shape index (κ1) is 12.4. The number of carbonyl (C=O) groups excluding carboxylic acids is 1. The molecule has 0 bridgehead atoms. The maximum absolute atomic E-state index is 12.2. The lowest BCUT2D eigenvalue weighted by Crippen LogP contribution is -2.34. The van der Waals surface area contributed by atoms with Crippen LogP contribution in [0, 0.1) is 11.3 Å². The van der Waals surface area contributed by atoms with Gasteiger partial charge in [-0.05, 0) is 47.0 Å². The van der Waals surface area contributed by atoms with Gasteiger partial charge < -0.3 is 4.90 Å². The van der Waals surface area contributed by atoms with E-state index in [0.717, 1.165) is 17.3 Å². The van der Waals surface area contributed by atoms with Crippen molar-refractivity contribution in [1.82, 2.24) is 4.90 Å². The van der Waals surface area contributed by atoms with Crippen molar-refractivity contribution in [3.8, 4) is 6.07 Å². The summed E-state index contributed by atoms with van der Waals surface area (Å²) in [6.07, 6.45) is 1.64. The molecule has 5 heteroatoms. The highest BCUT2D eigenvalue weighted by molar-refractivity contribution is 9.10. The molecule has 1 aromatic carbocycles. The fourth-order valence-corrected chi connectivity index (χ4v) is 2.37. The second-order valence-electron chi connectivity index (χ2n) is 3.91. The van der Waals surface area contributed by atoms with Gasteiger partial charge in [-0.2, -0.15) is 5.26 Å². The van der Waals surface area contributed by atoms with Crippen LogP contribution in [0.25, 0.3) is 0 Å². The normalized spacial score (nSPS) is 19.1. The van der Waals surface area contributed by atoms with Gasteiger partial charge in [-0.15, -0.1) is 0 Å². The minimum absolute atomic E-state index is 0.122. The molecule has 2 rings (SSSR count). The van der Waals surface area contributed by atoms with Gasteiger partial charge in [-0.1, -0.05) is 11.6 Å². The Morgan fingerprint density at radius 1 is 1.59 bits per heavy atom. The van der Waals surface area contributed by atoms with E-state index < -0.39 is 0 Å². The van der Waals surface area contributed by atoms with Crippen molar-refractivity contribution >= 4 is 33.4 Å². The summed E-state index contributed by atoms with van der Waals surface area (Å²) in [6.45, 7) is 0.644. The number of amides is 1. The van der Waals surface area contributed by atoms with E-state index in [1.54, 1.807) is 23.1 Å². The van der Waals surface area contributed by atoms with Crippen LogP contribution in [0.2, 0.25) is 5.02 Å². The molecule has 17 heavy (non-hydrogen) atoms. The van der Waals surface area contributed by atoms with Crippen molar-refractivity contribution in [1.29, 1.82) is 5.26 Å². The molecule has 3 nitrogen and oxygen atoms in total. The van der Waals surface area contributed by atoms with Gasteiger partial charge in [-0.3, -0.25) is 4.79 Å². The molecule has 1 aliphatic rings. The topological polar surface area (TPSA) is 44.1 Å². The number of likely N-dealkylation sites (tertiary alicyclic amines) is 1. The second-order valence-corrected chi connectivity index (χ2v) is 5.18. The standard InChI is InChI=1S/C12H10BrClN2O/c13-10-4-3-8(6-11(10)14)12(17)16-5-1-2-9(16)7-15/h3-4,6,9H,1-2,5H2. The molecular weight excluding hydrogens is 304 g/mol. The molecule has 1 amide bonds. The van der Waals surface area contributed by atoms with Crippen molar-refractivity contribution in [2.45, 2.75) is 18.9 Å². The summed E-state index contributed by atoms with van der Waals surface area (Å²) in [5.41, 5.74) is 0.528. The summed E-state index contributed by atoms with van der Waals surface area (Å²) in [5.74, 6) is -0.122. The Kier molecular flexibility index (Phi) is 3.70. The number of carbonyl (C=O) groups is 1. The molecule has 1 atom stereocenters. The molecule has 88 valence electrons. The quantitative estimate of drug-likeness (QED) is 0.799. The second kappa shape index (κ2) is 5.07. The zero-order chi connectivity index (χ0) is 12.4. The summed E-state index contributed by atoms with van der Waals surface area (Å²) in [7, 11) is 0. The number of halogens is 2. The van der Waals surface area contributed by atoms with Crippen LogP contribution in [0.5, 0.6) is 0 Å². The highest BCUT2D eigenvalue weighted by Crippen LogP contribution is 2.25. The fourth-order valence-electron chi connectivity index (χ4n) is 1.94. The smallest absolute Gasteiger partial charge is 0.254 e. The summed E-state index contributed by atoms with van der Waals surface area (Å²) in [4.78, 5) is 13.8. The Balaban J connectivity index is 2.25. The molecule has 1 aliphatic heterocycles. The largest absolute Gasteiger partial charge is 0.323 e.